The fourth-order valence-corrected chi connectivity index (χ4v) is 3.18. The van der Waals surface area contributed by atoms with Crippen LogP contribution in [0.2, 0.25) is 25.1 Å². The number of rotatable bonds is 2. The number of halogens is 8. The highest BCUT2D eigenvalue weighted by Gasteiger charge is 2.35. The van der Waals surface area contributed by atoms with Crippen LogP contribution in [0.5, 0.6) is 0 Å². The highest BCUT2D eigenvalue weighted by atomic mass is 35.5. The van der Waals surface area contributed by atoms with Gasteiger partial charge in [-0.15, -0.1) is 10.2 Å². The first kappa shape index (κ1) is 19.6. The Labute approximate surface area is 161 Å². The van der Waals surface area contributed by atoms with E-state index < -0.39 is 22.3 Å². The molecule has 24 heavy (non-hydrogen) atoms. The number of hydrogen-bond donors (Lipinski definition) is 2. The van der Waals surface area contributed by atoms with Gasteiger partial charge in [-0.3, -0.25) is 5.32 Å². The molecule has 2 rings (SSSR count). The standard InChI is InChI=1S/C10H2Cl5F3N4OS/c11-1-2(12)4(14)6(5(15)3(1)13)19-8(23)20-9-22-21-7(24-9)10(16,17)18/h(H2,19,20,22,23). The lowest BCUT2D eigenvalue weighted by Crippen LogP contribution is -2.20. The summed E-state index contributed by atoms with van der Waals surface area (Å²) in [5.41, 5.74) is -0.171. The molecule has 0 fully saturated rings. The fourth-order valence-electron chi connectivity index (χ4n) is 1.34. The molecular formula is C10H2Cl5F3N4OS. The van der Waals surface area contributed by atoms with E-state index in [1.54, 1.807) is 0 Å². The summed E-state index contributed by atoms with van der Waals surface area (Å²) in [6, 6.07) is -0.988. The van der Waals surface area contributed by atoms with Crippen molar-refractivity contribution in [1.29, 1.82) is 0 Å². The summed E-state index contributed by atoms with van der Waals surface area (Å²) in [6.07, 6.45) is -4.67. The van der Waals surface area contributed by atoms with Crippen LogP contribution in [0, 0.1) is 0 Å². The molecule has 5 nitrogen and oxygen atoms in total. The van der Waals surface area contributed by atoms with E-state index in [9.17, 15) is 18.0 Å². The topological polar surface area (TPSA) is 66.9 Å². The van der Waals surface area contributed by atoms with Crippen molar-refractivity contribution in [3.8, 4) is 0 Å². The molecule has 0 atom stereocenters. The van der Waals surface area contributed by atoms with Gasteiger partial charge in [0.2, 0.25) is 10.1 Å². The van der Waals surface area contributed by atoms with Crippen LogP contribution in [-0.2, 0) is 6.18 Å². The minimum Gasteiger partial charge on any atom is -0.305 e. The minimum atomic E-state index is -4.67. The van der Waals surface area contributed by atoms with Crippen molar-refractivity contribution in [1.82, 2.24) is 10.2 Å². The molecule has 0 bridgehead atoms. The largest absolute Gasteiger partial charge is 0.445 e. The van der Waals surface area contributed by atoms with Crippen LogP contribution < -0.4 is 10.6 Å². The Morgan fingerprint density at radius 3 is 1.83 bits per heavy atom. The second-order valence-electron chi connectivity index (χ2n) is 3.93. The number of amides is 2. The van der Waals surface area contributed by atoms with E-state index in [0.29, 0.717) is 0 Å². The number of hydrogen-bond acceptors (Lipinski definition) is 4. The normalized spacial score (nSPS) is 11.5. The van der Waals surface area contributed by atoms with Crippen LogP contribution in [0.4, 0.5) is 28.8 Å². The van der Waals surface area contributed by atoms with Crippen molar-refractivity contribution in [2.75, 3.05) is 10.6 Å². The highest BCUT2D eigenvalue weighted by molar-refractivity contribution is 7.15. The Morgan fingerprint density at radius 1 is 0.875 bits per heavy atom. The number of alkyl halides is 3. The summed E-state index contributed by atoms with van der Waals surface area (Å²) < 4.78 is 37.3. The lowest BCUT2D eigenvalue weighted by atomic mass is 10.3. The van der Waals surface area contributed by atoms with E-state index in [1.165, 1.54) is 0 Å². The molecular weight excluding hydrogens is 458 g/mol. The third-order valence-corrected chi connectivity index (χ3v) is 5.50. The molecule has 1 heterocycles. The summed E-state index contributed by atoms with van der Waals surface area (Å²) in [6.45, 7) is 0. The smallest absolute Gasteiger partial charge is 0.305 e. The van der Waals surface area contributed by atoms with Crippen LogP contribution in [0.15, 0.2) is 0 Å². The van der Waals surface area contributed by atoms with E-state index in [2.05, 4.69) is 15.5 Å². The molecule has 130 valence electrons. The molecule has 0 aliphatic heterocycles. The SMILES string of the molecule is O=C(Nc1nnc(C(F)(F)F)s1)Nc1c(Cl)c(Cl)c(Cl)c(Cl)c1Cl. The molecule has 14 heteroatoms. The Bertz CT molecular complexity index is 784. The molecule has 2 aromatic rings. The average molecular weight is 460 g/mol. The van der Waals surface area contributed by atoms with E-state index in [4.69, 9.17) is 58.0 Å². The van der Waals surface area contributed by atoms with E-state index in [0.717, 1.165) is 0 Å². The molecule has 2 amide bonds. The molecule has 1 aromatic heterocycles. The summed E-state index contributed by atoms with van der Waals surface area (Å²) in [5.74, 6) is 0. The first-order chi connectivity index (χ1) is 11.0. The number of urea groups is 1. The van der Waals surface area contributed by atoms with Crippen molar-refractivity contribution in [2.45, 2.75) is 6.18 Å². The summed E-state index contributed by atoms with van der Waals surface area (Å²) in [5, 5.41) is 7.94. The van der Waals surface area contributed by atoms with E-state index >= 15 is 0 Å². The Morgan fingerprint density at radius 2 is 1.38 bits per heavy atom. The van der Waals surface area contributed by atoms with Gasteiger partial charge in [0.25, 0.3) is 0 Å². The molecule has 0 saturated carbocycles. The average Bonchev–Trinajstić information content (AvgIpc) is 2.96. The molecule has 0 unspecified atom stereocenters. The molecule has 0 aliphatic rings. The van der Waals surface area contributed by atoms with Gasteiger partial charge in [0.15, 0.2) is 0 Å². The number of carbonyl (C=O) groups is 1. The zero-order valence-electron chi connectivity index (χ0n) is 10.7. The Kier molecular flexibility index (Phi) is 5.94. The van der Waals surface area contributed by atoms with Crippen molar-refractivity contribution in [3.63, 3.8) is 0 Å². The van der Waals surface area contributed by atoms with Gasteiger partial charge in [-0.05, 0) is 0 Å². The van der Waals surface area contributed by atoms with Gasteiger partial charge in [-0.1, -0.05) is 69.3 Å². The summed E-state index contributed by atoms with van der Waals surface area (Å²) in [7, 11) is 0. The van der Waals surface area contributed by atoms with Gasteiger partial charge in [-0.25, -0.2) is 4.79 Å². The number of anilines is 2. The first-order valence-corrected chi connectivity index (χ1v) is 8.23. The predicted octanol–water partition coefficient (Wildman–Crippen LogP) is 6.47. The van der Waals surface area contributed by atoms with Crippen molar-refractivity contribution < 1.29 is 18.0 Å². The van der Waals surface area contributed by atoms with Crippen LogP contribution in [0.1, 0.15) is 5.01 Å². The van der Waals surface area contributed by atoms with Gasteiger partial charge < -0.3 is 5.32 Å². The quantitative estimate of drug-likeness (QED) is 0.399. The zero-order valence-corrected chi connectivity index (χ0v) is 15.3. The molecule has 0 saturated heterocycles. The van der Waals surface area contributed by atoms with Crippen LogP contribution in [0.3, 0.4) is 0 Å². The third kappa shape index (κ3) is 4.09. The Balaban J connectivity index is 2.21. The van der Waals surface area contributed by atoms with Crippen molar-refractivity contribution >= 4 is 86.2 Å². The maximum absolute atomic E-state index is 12.4. The molecule has 0 spiro atoms. The molecule has 2 N–H and O–H groups in total. The lowest BCUT2D eigenvalue weighted by molar-refractivity contribution is -0.138. The number of nitrogens with one attached hydrogen (secondary N) is 2. The van der Waals surface area contributed by atoms with Crippen molar-refractivity contribution in [2.24, 2.45) is 0 Å². The van der Waals surface area contributed by atoms with Crippen LogP contribution >= 0.6 is 69.3 Å². The fraction of sp³-hybridized carbons (Fsp3) is 0.100. The molecule has 0 aliphatic carbocycles. The zero-order chi connectivity index (χ0) is 18.2. The van der Waals surface area contributed by atoms with Gasteiger partial charge in [-0.2, -0.15) is 13.2 Å². The first-order valence-electron chi connectivity index (χ1n) is 5.52. The van der Waals surface area contributed by atoms with Crippen molar-refractivity contribution in [3.05, 3.63) is 30.1 Å². The van der Waals surface area contributed by atoms with E-state index in [-0.39, 0.29) is 42.1 Å². The van der Waals surface area contributed by atoms with Gasteiger partial charge in [0, 0.05) is 0 Å². The maximum Gasteiger partial charge on any atom is 0.445 e. The van der Waals surface area contributed by atoms with Gasteiger partial charge >= 0.3 is 12.2 Å². The number of nitrogens with zero attached hydrogens (tertiary/aromatic N) is 2. The lowest BCUT2D eigenvalue weighted by Gasteiger charge is -2.13. The van der Waals surface area contributed by atoms with E-state index in [1.807, 2.05) is 5.32 Å². The predicted molar refractivity (Wildman–Crippen MR) is 89.0 cm³/mol. The van der Waals surface area contributed by atoms with Crippen LogP contribution in [0.25, 0.3) is 0 Å². The van der Waals surface area contributed by atoms with Gasteiger partial charge in [0.1, 0.15) is 0 Å². The maximum atomic E-state index is 12.4. The number of aromatic nitrogens is 2. The van der Waals surface area contributed by atoms with Gasteiger partial charge in [0.05, 0.1) is 30.8 Å². The Hall–Kier alpha value is -0.710. The number of carbonyl (C=O) groups excluding carboxylic acids is 1. The molecule has 1 aromatic carbocycles. The highest BCUT2D eigenvalue weighted by Crippen LogP contribution is 2.46. The second kappa shape index (κ2) is 7.27. The second-order valence-corrected chi connectivity index (χ2v) is 6.80. The monoisotopic (exact) mass is 458 g/mol. The summed E-state index contributed by atoms with van der Waals surface area (Å²) >= 11 is 29.4. The number of benzene rings is 1. The van der Waals surface area contributed by atoms with Crippen LogP contribution in [-0.4, -0.2) is 16.2 Å². The molecule has 0 radical (unpaired) electrons. The minimum absolute atomic E-state index is 0.113. The summed E-state index contributed by atoms with van der Waals surface area (Å²) in [4.78, 5) is 11.9. The third-order valence-electron chi connectivity index (χ3n) is 2.34.